The van der Waals surface area contributed by atoms with Crippen molar-refractivity contribution in [3.8, 4) is 23.0 Å². The van der Waals surface area contributed by atoms with E-state index in [1.54, 1.807) is 24.1 Å². The van der Waals surface area contributed by atoms with Gasteiger partial charge in [0.2, 0.25) is 11.7 Å². The van der Waals surface area contributed by atoms with Crippen molar-refractivity contribution in [2.45, 2.75) is 26.3 Å². The molecule has 2 aromatic rings. The van der Waals surface area contributed by atoms with Gasteiger partial charge in [-0.3, -0.25) is 4.79 Å². The van der Waals surface area contributed by atoms with Crippen LogP contribution in [0, 0.1) is 5.41 Å². The first-order chi connectivity index (χ1) is 16.3. The quantitative estimate of drug-likeness (QED) is 0.610. The molecule has 9 heteroatoms. The zero-order valence-corrected chi connectivity index (χ0v) is 20.4. The normalized spacial score (nSPS) is 14.7. The molecule has 1 heterocycles. The molecule has 34 heavy (non-hydrogen) atoms. The molecule has 1 aliphatic rings. The Morgan fingerprint density at radius 2 is 1.59 bits per heavy atom. The summed E-state index contributed by atoms with van der Waals surface area (Å²) in [5.41, 5.74) is 0.963. The summed E-state index contributed by atoms with van der Waals surface area (Å²) in [6, 6.07) is 10.7. The standard InChI is InChI=1S/C25H33N3O6/c1-25(23(29)26-16-17-7-6-8-19(13-17)31-2)9-11-28(12-10-25)24(30)27-18-14-20(32-3)22(34-5)21(15-18)33-4/h6-8,13-15H,9-12,16H2,1-5H3,(H,26,29)(H,27,30). The van der Waals surface area contributed by atoms with E-state index < -0.39 is 5.41 Å². The number of anilines is 1. The third-order valence-corrected chi connectivity index (χ3v) is 6.21. The Kier molecular flexibility index (Phi) is 8.09. The third-order valence-electron chi connectivity index (χ3n) is 6.21. The summed E-state index contributed by atoms with van der Waals surface area (Å²) >= 11 is 0. The molecule has 3 amide bonds. The van der Waals surface area contributed by atoms with Crippen molar-refractivity contribution in [1.82, 2.24) is 10.2 Å². The number of methoxy groups -OCH3 is 4. The van der Waals surface area contributed by atoms with Gasteiger partial charge in [0.05, 0.1) is 34.1 Å². The van der Waals surface area contributed by atoms with Crippen LogP contribution < -0.4 is 29.6 Å². The number of carbonyl (C=O) groups excluding carboxylic acids is 2. The Bertz CT molecular complexity index is 992. The Labute approximate surface area is 200 Å². The van der Waals surface area contributed by atoms with Gasteiger partial charge < -0.3 is 34.5 Å². The maximum atomic E-state index is 12.9. The number of benzene rings is 2. The average Bonchev–Trinajstić information content (AvgIpc) is 2.86. The van der Waals surface area contributed by atoms with E-state index in [1.807, 2.05) is 31.2 Å². The van der Waals surface area contributed by atoms with Gasteiger partial charge in [-0.2, -0.15) is 0 Å². The highest BCUT2D eigenvalue weighted by molar-refractivity contribution is 5.90. The van der Waals surface area contributed by atoms with Gasteiger partial charge in [0.25, 0.3) is 0 Å². The average molecular weight is 472 g/mol. The fourth-order valence-corrected chi connectivity index (χ4v) is 3.96. The van der Waals surface area contributed by atoms with E-state index in [2.05, 4.69) is 10.6 Å². The molecular weight excluding hydrogens is 438 g/mol. The zero-order chi connectivity index (χ0) is 24.7. The van der Waals surface area contributed by atoms with Gasteiger partial charge in [-0.25, -0.2) is 4.79 Å². The van der Waals surface area contributed by atoms with E-state index in [0.717, 1.165) is 11.3 Å². The molecule has 0 atom stereocenters. The fourth-order valence-electron chi connectivity index (χ4n) is 3.96. The molecule has 1 fully saturated rings. The van der Waals surface area contributed by atoms with Crippen LogP contribution in [-0.4, -0.2) is 58.4 Å². The number of nitrogens with zero attached hydrogens (tertiary/aromatic N) is 1. The van der Waals surface area contributed by atoms with E-state index >= 15 is 0 Å². The minimum Gasteiger partial charge on any atom is -0.497 e. The van der Waals surface area contributed by atoms with Gasteiger partial charge in [-0.1, -0.05) is 19.1 Å². The van der Waals surface area contributed by atoms with Gasteiger partial charge >= 0.3 is 6.03 Å². The molecule has 0 spiro atoms. The van der Waals surface area contributed by atoms with Gasteiger partial charge in [0, 0.05) is 37.2 Å². The summed E-state index contributed by atoms with van der Waals surface area (Å²) in [6.45, 7) is 3.32. The summed E-state index contributed by atoms with van der Waals surface area (Å²) in [7, 11) is 6.18. The highest BCUT2D eigenvalue weighted by atomic mass is 16.5. The molecule has 0 saturated carbocycles. The van der Waals surface area contributed by atoms with Crippen molar-refractivity contribution in [2.75, 3.05) is 46.8 Å². The van der Waals surface area contributed by atoms with Gasteiger partial charge in [0.15, 0.2) is 11.5 Å². The molecular formula is C25H33N3O6. The summed E-state index contributed by atoms with van der Waals surface area (Å²) in [5, 5.41) is 5.91. The lowest BCUT2D eigenvalue weighted by Crippen LogP contribution is -2.49. The van der Waals surface area contributed by atoms with Gasteiger partial charge in [-0.05, 0) is 30.5 Å². The van der Waals surface area contributed by atoms with Crippen LogP contribution in [0.25, 0.3) is 0 Å². The van der Waals surface area contributed by atoms with E-state index in [-0.39, 0.29) is 11.9 Å². The number of urea groups is 1. The lowest BCUT2D eigenvalue weighted by Gasteiger charge is -2.38. The van der Waals surface area contributed by atoms with Gasteiger partial charge in [0.1, 0.15) is 5.75 Å². The van der Waals surface area contributed by atoms with Crippen LogP contribution in [0.4, 0.5) is 10.5 Å². The topological polar surface area (TPSA) is 98.4 Å². The first-order valence-electron chi connectivity index (χ1n) is 11.1. The van der Waals surface area contributed by atoms with Crippen LogP contribution in [0.15, 0.2) is 36.4 Å². The molecule has 1 saturated heterocycles. The molecule has 9 nitrogen and oxygen atoms in total. The Morgan fingerprint density at radius 3 is 2.15 bits per heavy atom. The number of hydrogen-bond acceptors (Lipinski definition) is 6. The molecule has 3 rings (SSSR count). The van der Waals surface area contributed by atoms with E-state index in [9.17, 15) is 9.59 Å². The molecule has 2 aromatic carbocycles. The summed E-state index contributed by atoms with van der Waals surface area (Å²) < 4.78 is 21.3. The highest BCUT2D eigenvalue weighted by Crippen LogP contribution is 2.40. The number of nitrogens with one attached hydrogen (secondary N) is 2. The van der Waals surface area contributed by atoms with Crippen LogP contribution >= 0.6 is 0 Å². The molecule has 0 unspecified atom stereocenters. The van der Waals surface area contributed by atoms with E-state index in [1.165, 1.54) is 21.3 Å². The Balaban J connectivity index is 1.57. The lowest BCUT2D eigenvalue weighted by molar-refractivity contribution is -0.132. The third kappa shape index (κ3) is 5.65. The number of amides is 3. The number of piperidine rings is 1. The van der Waals surface area contributed by atoms with Crippen LogP contribution in [-0.2, 0) is 11.3 Å². The number of carbonyl (C=O) groups is 2. The molecule has 0 aromatic heterocycles. The summed E-state index contributed by atoms with van der Waals surface area (Å²) in [4.78, 5) is 27.5. The van der Waals surface area contributed by atoms with E-state index in [0.29, 0.717) is 55.4 Å². The van der Waals surface area contributed by atoms with Crippen molar-refractivity contribution >= 4 is 17.6 Å². The number of likely N-dealkylation sites (tertiary alicyclic amines) is 1. The largest absolute Gasteiger partial charge is 0.497 e. The maximum absolute atomic E-state index is 12.9. The lowest BCUT2D eigenvalue weighted by atomic mass is 9.79. The minimum atomic E-state index is -0.539. The summed E-state index contributed by atoms with van der Waals surface area (Å²) in [5.74, 6) is 2.10. The van der Waals surface area contributed by atoms with Crippen molar-refractivity contribution in [2.24, 2.45) is 5.41 Å². The maximum Gasteiger partial charge on any atom is 0.321 e. The monoisotopic (exact) mass is 471 g/mol. The van der Waals surface area contributed by atoms with Crippen LogP contribution in [0.3, 0.4) is 0 Å². The van der Waals surface area contributed by atoms with Crippen LogP contribution in [0.2, 0.25) is 0 Å². The predicted octanol–water partition coefficient (Wildman–Crippen LogP) is 3.67. The van der Waals surface area contributed by atoms with Gasteiger partial charge in [-0.15, -0.1) is 0 Å². The van der Waals surface area contributed by atoms with E-state index in [4.69, 9.17) is 18.9 Å². The van der Waals surface area contributed by atoms with Crippen LogP contribution in [0.5, 0.6) is 23.0 Å². The van der Waals surface area contributed by atoms with Crippen molar-refractivity contribution in [1.29, 1.82) is 0 Å². The molecule has 0 bridgehead atoms. The smallest absolute Gasteiger partial charge is 0.321 e. The SMILES string of the molecule is COc1cccc(CNC(=O)C2(C)CCN(C(=O)Nc3cc(OC)c(OC)c(OC)c3)CC2)c1. The molecule has 2 N–H and O–H groups in total. The first kappa shape index (κ1) is 25.0. The zero-order valence-electron chi connectivity index (χ0n) is 20.4. The molecule has 0 radical (unpaired) electrons. The molecule has 0 aliphatic carbocycles. The number of hydrogen-bond donors (Lipinski definition) is 2. The number of ether oxygens (including phenoxy) is 4. The van der Waals surface area contributed by atoms with Crippen LogP contribution in [0.1, 0.15) is 25.3 Å². The highest BCUT2D eigenvalue weighted by Gasteiger charge is 2.38. The second-order valence-corrected chi connectivity index (χ2v) is 8.43. The van der Waals surface area contributed by atoms with Crippen molar-refractivity contribution < 1.29 is 28.5 Å². The number of rotatable bonds is 8. The first-order valence-corrected chi connectivity index (χ1v) is 11.1. The second-order valence-electron chi connectivity index (χ2n) is 8.43. The molecule has 1 aliphatic heterocycles. The predicted molar refractivity (Wildman–Crippen MR) is 129 cm³/mol. The van der Waals surface area contributed by atoms with Crippen molar-refractivity contribution in [3.05, 3.63) is 42.0 Å². The Hall–Kier alpha value is -3.62. The summed E-state index contributed by atoms with van der Waals surface area (Å²) in [6.07, 6.45) is 1.14. The molecule has 184 valence electrons. The fraction of sp³-hybridized carbons (Fsp3) is 0.440. The Morgan fingerprint density at radius 1 is 0.941 bits per heavy atom. The second kappa shape index (κ2) is 11.0. The minimum absolute atomic E-state index is 0.0139. The van der Waals surface area contributed by atoms with Crippen molar-refractivity contribution in [3.63, 3.8) is 0 Å².